The highest BCUT2D eigenvalue weighted by Gasteiger charge is 2.19. The molecule has 0 aromatic heterocycles. The zero-order chi connectivity index (χ0) is 28.4. The molecule has 0 aliphatic rings. The van der Waals surface area contributed by atoms with Crippen LogP contribution in [0.2, 0.25) is 0 Å². The molecular weight excluding hydrogens is 540 g/mol. The summed E-state index contributed by atoms with van der Waals surface area (Å²) in [5.74, 6) is 0.497. The first-order valence-corrected chi connectivity index (χ1v) is 15.5. The maximum atomic E-state index is 12.0. The standard InChI is InChI=1S/C29H28O8S2/c1-19-16-25(22-10-13-24(14-11-22)36-38(3,31)32)29(30)20(2)28(19)23-12-15-26(27(17-23)37-39(4,33)34)35-18-21-8-6-5-7-9-21/h5-17,30H,18H2,1-4H3. The number of hydrogen-bond acceptors (Lipinski definition) is 8. The summed E-state index contributed by atoms with van der Waals surface area (Å²) in [7, 11) is -7.50. The van der Waals surface area contributed by atoms with Crippen molar-refractivity contribution in [2.24, 2.45) is 0 Å². The molecule has 0 spiro atoms. The first kappa shape index (κ1) is 28.0. The van der Waals surface area contributed by atoms with Gasteiger partial charge in [0, 0.05) is 5.56 Å². The normalized spacial score (nSPS) is 11.7. The Morgan fingerprint density at radius 2 is 1.33 bits per heavy atom. The van der Waals surface area contributed by atoms with Crippen LogP contribution in [0.1, 0.15) is 16.7 Å². The van der Waals surface area contributed by atoms with E-state index < -0.39 is 20.2 Å². The smallest absolute Gasteiger partial charge is 0.306 e. The number of benzene rings is 4. The Balaban J connectivity index is 1.71. The van der Waals surface area contributed by atoms with Crippen LogP contribution >= 0.6 is 0 Å². The van der Waals surface area contributed by atoms with Gasteiger partial charge in [-0.1, -0.05) is 48.5 Å². The molecule has 4 rings (SSSR count). The van der Waals surface area contributed by atoms with Crippen molar-refractivity contribution in [2.45, 2.75) is 20.5 Å². The Morgan fingerprint density at radius 1 is 0.718 bits per heavy atom. The Morgan fingerprint density at radius 3 is 1.95 bits per heavy atom. The van der Waals surface area contributed by atoms with Gasteiger partial charge in [0.25, 0.3) is 0 Å². The lowest BCUT2D eigenvalue weighted by Gasteiger charge is -2.18. The maximum Gasteiger partial charge on any atom is 0.306 e. The van der Waals surface area contributed by atoms with E-state index in [1.807, 2.05) is 37.3 Å². The van der Waals surface area contributed by atoms with E-state index in [-0.39, 0.29) is 29.6 Å². The van der Waals surface area contributed by atoms with Crippen LogP contribution in [-0.2, 0) is 26.8 Å². The average molecular weight is 569 g/mol. The van der Waals surface area contributed by atoms with Crippen LogP contribution in [0.3, 0.4) is 0 Å². The van der Waals surface area contributed by atoms with Crippen LogP contribution in [0.4, 0.5) is 0 Å². The third-order valence-electron chi connectivity index (χ3n) is 5.86. The van der Waals surface area contributed by atoms with E-state index in [4.69, 9.17) is 13.1 Å². The third kappa shape index (κ3) is 7.10. The van der Waals surface area contributed by atoms with Gasteiger partial charge in [0.1, 0.15) is 18.1 Å². The fraction of sp³-hybridized carbons (Fsp3) is 0.172. The van der Waals surface area contributed by atoms with E-state index >= 15 is 0 Å². The summed E-state index contributed by atoms with van der Waals surface area (Å²) in [5.41, 5.74) is 4.86. The lowest BCUT2D eigenvalue weighted by molar-refractivity contribution is 0.296. The molecule has 4 aromatic rings. The second-order valence-corrected chi connectivity index (χ2v) is 12.3. The summed E-state index contributed by atoms with van der Waals surface area (Å²) in [6, 6.07) is 22.6. The van der Waals surface area contributed by atoms with Gasteiger partial charge in [0.2, 0.25) is 0 Å². The fourth-order valence-corrected chi connectivity index (χ4v) is 5.17. The lowest BCUT2D eigenvalue weighted by Crippen LogP contribution is -2.08. The molecule has 4 aromatic carbocycles. The van der Waals surface area contributed by atoms with Crippen LogP contribution in [-0.4, -0.2) is 34.5 Å². The van der Waals surface area contributed by atoms with Crippen LogP contribution in [0.25, 0.3) is 22.3 Å². The Kier molecular flexibility index (Phi) is 7.89. The molecule has 0 unspecified atom stereocenters. The molecule has 0 fully saturated rings. The molecule has 10 heteroatoms. The molecule has 1 N–H and O–H groups in total. The average Bonchev–Trinajstić information content (AvgIpc) is 2.85. The minimum Gasteiger partial charge on any atom is -0.507 e. The van der Waals surface area contributed by atoms with E-state index in [2.05, 4.69) is 0 Å². The second kappa shape index (κ2) is 11.0. The zero-order valence-corrected chi connectivity index (χ0v) is 23.5. The first-order valence-electron chi connectivity index (χ1n) is 11.8. The van der Waals surface area contributed by atoms with Crippen molar-refractivity contribution in [3.63, 3.8) is 0 Å². The van der Waals surface area contributed by atoms with Crippen molar-refractivity contribution >= 4 is 20.2 Å². The van der Waals surface area contributed by atoms with Gasteiger partial charge >= 0.3 is 20.2 Å². The Bertz CT molecular complexity index is 1710. The predicted molar refractivity (Wildman–Crippen MR) is 150 cm³/mol. The van der Waals surface area contributed by atoms with Gasteiger partial charge in [0.05, 0.1) is 12.5 Å². The topological polar surface area (TPSA) is 116 Å². The number of phenols is 1. The van der Waals surface area contributed by atoms with E-state index in [9.17, 15) is 21.9 Å². The van der Waals surface area contributed by atoms with E-state index in [1.165, 1.54) is 12.1 Å². The van der Waals surface area contributed by atoms with Gasteiger partial charge in [-0.05, 0) is 77.6 Å². The van der Waals surface area contributed by atoms with Crippen molar-refractivity contribution in [1.82, 2.24) is 0 Å². The van der Waals surface area contributed by atoms with Gasteiger partial charge in [-0.25, -0.2) is 0 Å². The molecule has 0 radical (unpaired) electrons. The van der Waals surface area contributed by atoms with Gasteiger partial charge in [-0.3, -0.25) is 0 Å². The molecule has 8 nitrogen and oxygen atoms in total. The molecule has 0 heterocycles. The summed E-state index contributed by atoms with van der Waals surface area (Å²) in [5, 5.41) is 11.1. The lowest BCUT2D eigenvalue weighted by atomic mass is 9.90. The van der Waals surface area contributed by atoms with Crippen LogP contribution in [0, 0.1) is 13.8 Å². The van der Waals surface area contributed by atoms with Crippen LogP contribution < -0.4 is 13.1 Å². The largest absolute Gasteiger partial charge is 0.507 e. The number of aromatic hydroxyl groups is 1. The van der Waals surface area contributed by atoms with Crippen molar-refractivity contribution in [3.05, 3.63) is 95.6 Å². The number of ether oxygens (including phenoxy) is 1. The summed E-state index contributed by atoms with van der Waals surface area (Å²) in [6.07, 6.45) is 1.93. The highest BCUT2D eigenvalue weighted by atomic mass is 32.2. The van der Waals surface area contributed by atoms with E-state index in [1.54, 1.807) is 43.3 Å². The van der Waals surface area contributed by atoms with Gasteiger partial charge in [0.15, 0.2) is 11.5 Å². The number of aryl methyl sites for hydroxylation is 1. The molecule has 0 saturated carbocycles. The van der Waals surface area contributed by atoms with E-state index in [0.717, 1.165) is 23.6 Å². The monoisotopic (exact) mass is 568 g/mol. The first-order chi connectivity index (χ1) is 18.3. The SMILES string of the molecule is Cc1cc(-c2ccc(OS(C)(=O)=O)cc2)c(O)c(C)c1-c1ccc(OCc2ccccc2)c(OS(C)(=O)=O)c1. The molecule has 204 valence electrons. The third-order valence-corrected chi connectivity index (χ3v) is 6.84. The van der Waals surface area contributed by atoms with Crippen LogP contribution in [0.5, 0.6) is 23.0 Å². The van der Waals surface area contributed by atoms with Crippen molar-refractivity contribution in [1.29, 1.82) is 0 Å². The molecule has 0 saturated heterocycles. The molecule has 39 heavy (non-hydrogen) atoms. The molecule has 0 aliphatic heterocycles. The van der Waals surface area contributed by atoms with Crippen LogP contribution in [0.15, 0.2) is 78.9 Å². The molecular formula is C29H28O8S2. The zero-order valence-electron chi connectivity index (χ0n) is 21.8. The quantitative estimate of drug-likeness (QED) is 0.260. The second-order valence-electron chi connectivity index (χ2n) is 9.12. The van der Waals surface area contributed by atoms with Crippen molar-refractivity contribution < 1.29 is 35.0 Å². The molecule has 0 aliphatic carbocycles. The minimum absolute atomic E-state index is 0.0300. The Labute approximate surface area is 228 Å². The summed E-state index contributed by atoms with van der Waals surface area (Å²) < 4.78 is 62.8. The highest BCUT2D eigenvalue weighted by molar-refractivity contribution is 7.86. The van der Waals surface area contributed by atoms with Crippen molar-refractivity contribution in [2.75, 3.05) is 12.5 Å². The predicted octanol–water partition coefficient (Wildman–Crippen LogP) is 5.60. The number of rotatable bonds is 9. The van der Waals surface area contributed by atoms with E-state index in [0.29, 0.717) is 27.8 Å². The summed E-state index contributed by atoms with van der Waals surface area (Å²) in [6.45, 7) is 3.87. The van der Waals surface area contributed by atoms with Gasteiger partial charge in [-0.2, -0.15) is 16.8 Å². The van der Waals surface area contributed by atoms with Gasteiger partial charge < -0.3 is 18.2 Å². The summed E-state index contributed by atoms with van der Waals surface area (Å²) >= 11 is 0. The fourth-order valence-electron chi connectivity index (χ4n) is 4.25. The maximum absolute atomic E-state index is 12.0. The minimum atomic E-state index is -3.85. The molecule has 0 amide bonds. The Hall–Kier alpha value is -4.02. The molecule has 0 atom stereocenters. The number of hydrogen-bond donors (Lipinski definition) is 1. The van der Waals surface area contributed by atoms with Crippen molar-refractivity contribution in [3.8, 4) is 45.3 Å². The molecule has 0 bridgehead atoms. The highest BCUT2D eigenvalue weighted by Crippen LogP contribution is 2.43. The number of phenolic OH excluding ortho intramolecular Hbond substituents is 1. The summed E-state index contributed by atoms with van der Waals surface area (Å²) in [4.78, 5) is 0. The van der Waals surface area contributed by atoms with Gasteiger partial charge in [-0.15, -0.1) is 0 Å².